The minimum absolute atomic E-state index is 0.166. The van der Waals surface area contributed by atoms with Gasteiger partial charge >= 0.3 is 6.09 Å². The zero-order chi connectivity index (χ0) is 16.9. The van der Waals surface area contributed by atoms with Crippen molar-refractivity contribution in [2.45, 2.75) is 65.0 Å². The van der Waals surface area contributed by atoms with E-state index in [0.29, 0.717) is 17.9 Å². The maximum absolute atomic E-state index is 12.1. The molecule has 23 heavy (non-hydrogen) atoms. The number of hydrogen-bond donors (Lipinski definition) is 1. The van der Waals surface area contributed by atoms with Gasteiger partial charge in [-0.15, -0.1) is 0 Å². The van der Waals surface area contributed by atoms with E-state index in [2.05, 4.69) is 12.2 Å². The van der Waals surface area contributed by atoms with Crippen LogP contribution in [-0.2, 0) is 9.47 Å². The minimum atomic E-state index is -0.409. The zero-order valence-electron chi connectivity index (χ0n) is 15.3. The molecule has 1 N–H and O–H groups in total. The molecule has 0 aromatic rings. The Kier molecular flexibility index (Phi) is 6.72. The zero-order valence-corrected chi connectivity index (χ0v) is 15.3. The predicted octanol–water partition coefficient (Wildman–Crippen LogP) is 3.04. The molecule has 2 rings (SSSR count). The number of hydrogen-bond acceptors (Lipinski definition) is 4. The first-order chi connectivity index (χ1) is 10.8. The van der Waals surface area contributed by atoms with Gasteiger partial charge in [0.05, 0.1) is 6.61 Å². The molecule has 0 aliphatic carbocycles. The van der Waals surface area contributed by atoms with Gasteiger partial charge < -0.3 is 19.7 Å². The molecule has 3 atom stereocenters. The van der Waals surface area contributed by atoms with Gasteiger partial charge in [0.25, 0.3) is 0 Å². The van der Waals surface area contributed by atoms with Crippen molar-refractivity contribution < 1.29 is 14.3 Å². The molecule has 0 bridgehead atoms. The first-order valence-corrected chi connectivity index (χ1v) is 9.14. The first-order valence-electron chi connectivity index (χ1n) is 9.14. The second kappa shape index (κ2) is 8.34. The van der Waals surface area contributed by atoms with Crippen LogP contribution in [0.2, 0.25) is 0 Å². The van der Waals surface area contributed by atoms with E-state index >= 15 is 0 Å². The van der Waals surface area contributed by atoms with Crippen LogP contribution in [-0.4, -0.2) is 55.5 Å². The van der Waals surface area contributed by atoms with Gasteiger partial charge in [-0.2, -0.15) is 0 Å². The van der Waals surface area contributed by atoms with E-state index in [1.165, 1.54) is 12.8 Å². The normalized spacial score (nSPS) is 27.0. The van der Waals surface area contributed by atoms with E-state index in [4.69, 9.17) is 9.47 Å². The minimum Gasteiger partial charge on any atom is -0.444 e. The van der Waals surface area contributed by atoms with Crippen molar-refractivity contribution in [2.24, 2.45) is 11.8 Å². The number of ether oxygens (including phenoxy) is 2. The number of carbonyl (C=O) groups is 1. The Hall–Kier alpha value is -0.810. The van der Waals surface area contributed by atoms with Crippen molar-refractivity contribution in [3.05, 3.63) is 0 Å². The quantitative estimate of drug-likeness (QED) is 0.844. The monoisotopic (exact) mass is 326 g/mol. The molecule has 0 spiro atoms. The van der Waals surface area contributed by atoms with Gasteiger partial charge in [0.2, 0.25) is 0 Å². The molecule has 5 heteroatoms. The lowest BCUT2D eigenvalue weighted by molar-refractivity contribution is 0.0286. The number of amides is 1. The third-order valence-electron chi connectivity index (χ3n) is 4.86. The SMILES string of the molecule is C[C@H](NCC[C@H]1CCN(C(=O)OC(C)(C)C)C1)[C@@H]1CCCOC1. The molecule has 0 radical (unpaired) electrons. The summed E-state index contributed by atoms with van der Waals surface area (Å²) in [7, 11) is 0. The fraction of sp³-hybridized carbons (Fsp3) is 0.944. The van der Waals surface area contributed by atoms with Crippen LogP contribution in [0.25, 0.3) is 0 Å². The maximum atomic E-state index is 12.1. The van der Waals surface area contributed by atoms with E-state index in [0.717, 1.165) is 45.7 Å². The highest BCUT2D eigenvalue weighted by molar-refractivity contribution is 5.68. The van der Waals surface area contributed by atoms with Gasteiger partial charge in [-0.1, -0.05) is 0 Å². The van der Waals surface area contributed by atoms with E-state index < -0.39 is 5.60 Å². The molecule has 0 aromatic carbocycles. The molecular weight excluding hydrogens is 292 g/mol. The molecule has 0 saturated carbocycles. The summed E-state index contributed by atoms with van der Waals surface area (Å²) in [6, 6.07) is 0.513. The summed E-state index contributed by atoms with van der Waals surface area (Å²) in [5.41, 5.74) is -0.409. The summed E-state index contributed by atoms with van der Waals surface area (Å²) in [5.74, 6) is 1.23. The highest BCUT2D eigenvalue weighted by atomic mass is 16.6. The summed E-state index contributed by atoms with van der Waals surface area (Å²) in [6.07, 6.45) is 4.49. The van der Waals surface area contributed by atoms with E-state index in [-0.39, 0.29) is 6.09 Å². The van der Waals surface area contributed by atoms with E-state index in [1.807, 2.05) is 25.7 Å². The van der Waals surface area contributed by atoms with E-state index in [9.17, 15) is 4.79 Å². The molecule has 0 unspecified atom stereocenters. The molecule has 2 heterocycles. The van der Waals surface area contributed by atoms with Gasteiger partial charge in [0, 0.05) is 25.7 Å². The molecule has 134 valence electrons. The Balaban J connectivity index is 1.63. The Morgan fingerprint density at radius 2 is 2.17 bits per heavy atom. The predicted molar refractivity (Wildman–Crippen MR) is 91.5 cm³/mol. The molecule has 2 fully saturated rings. The number of nitrogens with zero attached hydrogens (tertiary/aromatic N) is 1. The third-order valence-corrected chi connectivity index (χ3v) is 4.86. The summed E-state index contributed by atoms with van der Waals surface area (Å²) in [6.45, 7) is 12.5. The lowest BCUT2D eigenvalue weighted by atomic mass is 9.94. The number of nitrogens with one attached hydrogen (secondary N) is 1. The van der Waals surface area contributed by atoms with Crippen LogP contribution in [0.15, 0.2) is 0 Å². The van der Waals surface area contributed by atoms with Gasteiger partial charge in [-0.25, -0.2) is 4.79 Å². The van der Waals surface area contributed by atoms with E-state index in [1.54, 1.807) is 0 Å². The van der Waals surface area contributed by atoms with Crippen LogP contribution in [0.1, 0.15) is 53.4 Å². The maximum Gasteiger partial charge on any atom is 0.410 e. The van der Waals surface area contributed by atoms with Crippen LogP contribution in [0.4, 0.5) is 4.79 Å². The number of likely N-dealkylation sites (tertiary alicyclic amines) is 1. The Morgan fingerprint density at radius 1 is 1.39 bits per heavy atom. The van der Waals surface area contributed by atoms with Gasteiger partial charge in [0.15, 0.2) is 0 Å². The van der Waals surface area contributed by atoms with Crippen LogP contribution in [0, 0.1) is 11.8 Å². The summed E-state index contributed by atoms with van der Waals surface area (Å²) >= 11 is 0. The Bertz CT molecular complexity index is 375. The summed E-state index contributed by atoms with van der Waals surface area (Å²) in [5, 5.41) is 3.65. The Labute approximate surface area is 141 Å². The smallest absolute Gasteiger partial charge is 0.410 e. The fourth-order valence-corrected chi connectivity index (χ4v) is 3.40. The Morgan fingerprint density at radius 3 is 2.83 bits per heavy atom. The molecule has 2 aliphatic heterocycles. The summed E-state index contributed by atoms with van der Waals surface area (Å²) in [4.78, 5) is 13.9. The third kappa shape index (κ3) is 6.30. The lowest BCUT2D eigenvalue weighted by Crippen LogP contribution is -2.39. The standard InChI is InChI=1S/C18H34N2O3/c1-14(16-6-5-11-22-13-16)19-9-7-15-8-10-20(12-15)17(21)23-18(2,3)4/h14-16,19H,5-13H2,1-4H3/t14-,15-,16+/m0/s1. The average Bonchev–Trinajstić information content (AvgIpc) is 2.95. The van der Waals surface area contributed by atoms with Crippen molar-refractivity contribution in [1.29, 1.82) is 0 Å². The highest BCUT2D eigenvalue weighted by Crippen LogP contribution is 2.22. The second-order valence-electron chi connectivity index (χ2n) is 8.09. The fourth-order valence-electron chi connectivity index (χ4n) is 3.40. The van der Waals surface area contributed by atoms with Crippen LogP contribution in [0.5, 0.6) is 0 Å². The molecule has 1 amide bonds. The topological polar surface area (TPSA) is 50.8 Å². The van der Waals surface area contributed by atoms with Crippen molar-refractivity contribution in [2.75, 3.05) is 32.8 Å². The second-order valence-corrected chi connectivity index (χ2v) is 8.09. The molecule has 0 aromatic heterocycles. The van der Waals surface area contributed by atoms with Crippen LogP contribution >= 0.6 is 0 Å². The average molecular weight is 326 g/mol. The largest absolute Gasteiger partial charge is 0.444 e. The van der Waals surface area contributed by atoms with Crippen molar-refractivity contribution in [3.63, 3.8) is 0 Å². The first kappa shape index (κ1) is 18.5. The molecular formula is C18H34N2O3. The molecule has 5 nitrogen and oxygen atoms in total. The van der Waals surface area contributed by atoms with Gasteiger partial charge in [0.1, 0.15) is 5.60 Å². The number of rotatable bonds is 5. The van der Waals surface area contributed by atoms with Crippen molar-refractivity contribution >= 4 is 6.09 Å². The van der Waals surface area contributed by atoms with Crippen molar-refractivity contribution in [3.8, 4) is 0 Å². The van der Waals surface area contributed by atoms with Gasteiger partial charge in [-0.05, 0) is 71.8 Å². The van der Waals surface area contributed by atoms with Crippen molar-refractivity contribution in [1.82, 2.24) is 10.2 Å². The highest BCUT2D eigenvalue weighted by Gasteiger charge is 2.29. The molecule has 2 saturated heterocycles. The van der Waals surface area contributed by atoms with Crippen LogP contribution in [0.3, 0.4) is 0 Å². The summed E-state index contributed by atoms with van der Waals surface area (Å²) < 4.78 is 11.0. The number of carbonyl (C=O) groups excluding carboxylic acids is 1. The lowest BCUT2D eigenvalue weighted by Gasteiger charge is -2.28. The van der Waals surface area contributed by atoms with Gasteiger partial charge in [-0.3, -0.25) is 0 Å². The molecule has 2 aliphatic rings. The van der Waals surface area contributed by atoms with Crippen LogP contribution < -0.4 is 5.32 Å².